The predicted octanol–water partition coefficient (Wildman–Crippen LogP) is 5.06. The van der Waals surface area contributed by atoms with Gasteiger partial charge < -0.3 is 14.5 Å². The lowest BCUT2D eigenvalue weighted by molar-refractivity contribution is -0.123. The predicted molar refractivity (Wildman–Crippen MR) is 96.1 cm³/mol. The van der Waals surface area contributed by atoms with Crippen molar-refractivity contribution in [3.8, 4) is 0 Å². The third-order valence-corrected chi connectivity index (χ3v) is 3.99. The molecule has 0 aliphatic carbocycles. The number of furan rings is 1. The fraction of sp³-hybridized carbons (Fsp3) is 0.111. The molecule has 8 heteroatoms. The molecule has 1 amide bonds. The van der Waals surface area contributed by atoms with Crippen LogP contribution >= 0.6 is 23.2 Å². The molecule has 1 N–H and O–H groups in total. The zero-order valence-electron chi connectivity index (χ0n) is 13.4. The second-order valence-corrected chi connectivity index (χ2v) is 6.33. The van der Waals surface area contributed by atoms with E-state index in [1.54, 1.807) is 18.2 Å². The molecule has 3 rings (SSSR count). The second kappa shape index (κ2) is 7.35. The highest BCUT2D eigenvalue weighted by molar-refractivity contribution is 6.31. The van der Waals surface area contributed by atoms with Gasteiger partial charge in [-0.1, -0.05) is 23.2 Å². The van der Waals surface area contributed by atoms with E-state index in [9.17, 15) is 14.0 Å². The van der Waals surface area contributed by atoms with Gasteiger partial charge in [0.05, 0.1) is 5.69 Å². The molecule has 134 valence electrons. The average Bonchev–Trinajstić information content (AvgIpc) is 3.00. The fourth-order valence-corrected chi connectivity index (χ4v) is 2.55. The summed E-state index contributed by atoms with van der Waals surface area (Å²) >= 11 is 11.5. The maximum Gasteiger partial charge on any atom is 0.375 e. The van der Waals surface area contributed by atoms with Gasteiger partial charge in [-0.15, -0.1) is 0 Å². The van der Waals surface area contributed by atoms with Gasteiger partial charge in [-0.05, 0) is 49.4 Å². The topological polar surface area (TPSA) is 68.5 Å². The Bertz CT molecular complexity index is 1000. The van der Waals surface area contributed by atoms with E-state index >= 15 is 0 Å². The molecule has 0 spiro atoms. The monoisotopic (exact) mass is 395 g/mol. The Morgan fingerprint density at radius 1 is 1.12 bits per heavy atom. The van der Waals surface area contributed by atoms with Crippen molar-refractivity contribution in [1.82, 2.24) is 0 Å². The molecular formula is C18H12Cl2FNO4. The summed E-state index contributed by atoms with van der Waals surface area (Å²) in [4.78, 5) is 24.3. The normalized spacial score (nSPS) is 12.0. The van der Waals surface area contributed by atoms with Gasteiger partial charge in [-0.3, -0.25) is 4.79 Å². The van der Waals surface area contributed by atoms with E-state index < -0.39 is 23.8 Å². The van der Waals surface area contributed by atoms with Crippen molar-refractivity contribution in [2.45, 2.75) is 13.0 Å². The standard InChI is InChI=1S/C18H12Cl2FNO4/c1-9(17(23)22-14-4-2-12(20)8-13(14)21)25-18(24)16-7-10-6-11(19)3-5-15(10)26-16/h2-9H,1H3,(H,22,23)/t9-/m0/s1. The molecule has 1 aromatic heterocycles. The molecule has 0 bridgehead atoms. The Morgan fingerprint density at radius 3 is 2.54 bits per heavy atom. The van der Waals surface area contributed by atoms with Crippen LogP contribution in [0.3, 0.4) is 0 Å². The van der Waals surface area contributed by atoms with Gasteiger partial charge in [0.15, 0.2) is 6.10 Å². The summed E-state index contributed by atoms with van der Waals surface area (Å²) in [5.74, 6) is -2.28. The van der Waals surface area contributed by atoms with Gasteiger partial charge in [0.2, 0.25) is 5.76 Å². The number of halogens is 3. The molecular weight excluding hydrogens is 384 g/mol. The fourth-order valence-electron chi connectivity index (χ4n) is 2.21. The summed E-state index contributed by atoms with van der Waals surface area (Å²) in [6.45, 7) is 1.36. The summed E-state index contributed by atoms with van der Waals surface area (Å²) in [6, 6.07) is 10.1. The van der Waals surface area contributed by atoms with Crippen molar-refractivity contribution >= 4 is 51.7 Å². The van der Waals surface area contributed by atoms with Crippen LogP contribution in [0.25, 0.3) is 11.0 Å². The van der Waals surface area contributed by atoms with Gasteiger partial charge in [0.1, 0.15) is 11.4 Å². The Balaban J connectivity index is 1.68. The molecule has 0 saturated heterocycles. The third kappa shape index (κ3) is 3.98. The Morgan fingerprint density at radius 2 is 1.81 bits per heavy atom. The van der Waals surface area contributed by atoms with Crippen LogP contribution < -0.4 is 5.32 Å². The first kappa shape index (κ1) is 18.2. The second-order valence-electron chi connectivity index (χ2n) is 5.45. The molecule has 0 aliphatic heterocycles. The lowest BCUT2D eigenvalue weighted by Crippen LogP contribution is -2.30. The van der Waals surface area contributed by atoms with Crippen LogP contribution in [0.2, 0.25) is 10.0 Å². The Labute approximate surface area is 157 Å². The Kier molecular flexibility index (Phi) is 5.15. The minimum atomic E-state index is -1.17. The Hall–Kier alpha value is -2.57. The van der Waals surface area contributed by atoms with E-state index in [0.29, 0.717) is 16.0 Å². The number of hydrogen-bond donors (Lipinski definition) is 1. The molecule has 0 saturated carbocycles. The van der Waals surface area contributed by atoms with Crippen LogP contribution in [0.4, 0.5) is 10.1 Å². The van der Waals surface area contributed by atoms with Crippen LogP contribution in [-0.4, -0.2) is 18.0 Å². The first-order valence-corrected chi connectivity index (χ1v) is 8.25. The van der Waals surface area contributed by atoms with E-state index in [-0.39, 0.29) is 16.5 Å². The molecule has 3 aromatic rings. The lowest BCUT2D eigenvalue weighted by atomic mass is 10.2. The van der Waals surface area contributed by atoms with Crippen molar-refractivity contribution in [2.75, 3.05) is 5.32 Å². The van der Waals surface area contributed by atoms with E-state index in [1.165, 1.54) is 25.1 Å². The number of carbonyl (C=O) groups excluding carboxylic acids is 2. The number of hydrogen-bond acceptors (Lipinski definition) is 4. The molecule has 26 heavy (non-hydrogen) atoms. The average molecular weight is 396 g/mol. The van der Waals surface area contributed by atoms with Crippen molar-refractivity contribution in [2.24, 2.45) is 0 Å². The maximum atomic E-state index is 13.7. The van der Waals surface area contributed by atoms with Crippen LogP contribution in [0.5, 0.6) is 0 Å². The highest BCUT2D eigenvalue weighted by Gasteiger charge is 2.22. The number of amides is 1. The van der Waals surface area contributed by atoms with Crippen molar-refractivity contribution < 1.29 is 23.1 Å². The molecule has 1 heterocycles. The largest absolute Gasteiger partial charge is 0.449 e. The van der Waals surface area contributed by atoms with Gasteiger partial charge >= 0.3 is 5.97 Å². The highest BCUT2D eigenvalue weighted by Crippen LogP contribution is 2.24. The molecule has 1 atom stereocenters. The number of esters is 1. The van der Waals surface area contributed by atoms with Crippen molar-refractivity contribution in [3.05, 3.63) is 64.1 Å². The zero-order chi connectivity index (χ0) is 18.8. The zero-order valence-corrected chi connectivity index (χ0v) is 14.9. The van der Waals surface area contributed by atoms with E-state index in [2.05, 4.69) is 5.32 Å². The number of carbonyl (C=O) groups is 2. The van der Waals surface area contributed by atoms with Gasteiger partial charge in [0, 0.05) is 15.4 Å². The lowest BCUT2D eigenvalue weighted by Gasteiger charge is -2.13. The minimum absolute atomic E-state index is 0.0688. The number of fused-ring (bicyclic) bond motifs is 1. The number of nitrogens with one attached hydrogen (secondary N) is 1. The third-order valence-electron chi connectivity index (χ3n) is 3.52. The number of rotatable bonds is 4. The SMILES string of the molecule is C[C@H](OC(=O)c1cc2cc(Cl)ccc2o1)C(=O)Nc1ccc(Cl)cc1F. The van der Waals surface area contributed by atoms with Crippen molar-refractivity contribution in [1.29, 1.82) is 0 Å². The van der Waals surface area contributed by atoms with E-state index in [4.69, 9.17) is 32.4 Å². The van der Waals surface area contributed by atoms with Crippen molar-refractivity contribution in [3.63, 3.8) is 0 Å². The summed E-state index contributed by atoms with van der Waals surface area (Å²) in [5, 5.41) is 3.65. The highest BCUT2D eigenvalue weighted by atomic mass is 35.5. The first-order valence-electron chi connectivity index (χ1n) is 7.49. The summed E-state index contributed by atoms with van der Waals surface area (Å²) < 4.78 is 24.2. The number of anilines is 1. The van der Waals surface area contributed by atoms with Gasteiger partial charge in [-0.2, -0.15) is 0 Å². The van der Waals surface area contributed by atoms with Crippen LogP contribution in [0.15, 0.2) is 46.9 Å². The van der Waals surface area contributed by atoms with E-state index in [1.807, 2.05) is 0 Å². The summed E-state index contributed by atoms with van der Waals surface area (Å²) in [5.41, 5.74) is 0.391. The molecule has 0 fully saturated rings. The first-order chi connectivity index (χ1) is 12.3. The minimum Gasteiger partial charge on any atom is -0.449 e. The van der Waals surface area contributed by atoms with Gasteiger partial charge in [-0.25, -0.2) is 9.18 Å². The van der Waals surface area contributed by atoms with Crippen LogP contribution in [0.1, 0.15) is 17.5 Å². The quantitative estimate of drug-likeness (QED) is 0.626. The van der Waals surface area contributed by atoms with Gasteiger partial charge in [0.25, 0.3) is 5.91 Å². The van der Waals surface area contributed by atoms with Crippen LogP contribution in [0, 0.1) is 5.82 Å². The molecule has 0 aliphatic rings. The smallest absolute Gasteiger partial charge is 0.375 e. The maximum absolute atomic E-state index is 13.7. The number of ether oxygens (including phenoxy) is 1. The number of benzene rings is 2. The summed E-state index contributed by atoms with van der Waals surface area (Å²) in [6.07, 6.45) is -1.17. The molecule has 5 nitrogen and oxygen atoms in total. The van der Waals surface area contributed by atoms with Crippen LogP contribution in [-0.2, 0) is 9.53 Å². The molecule has 2 aromatic carbocycles. The molecule has 0 radical (unpaired) electrons. The molecule has 0 unspecified atom stereocenters. The summed E-state index contributed by atoms with van der Waals surface area (Å²) in [7, 11) is 0. The van der Waals surface area contributed by atoms with E-state index in [0.717, 1.165) is 6.07 Å².